The van der Waals surface area contributed by atoms with Gasteiger partial charge in [0.1, 0.15) is 0 Å². The first-order valence-electron chi connectivity index (χ1n) is 12.6. The Balaban J connectivity index is 1.58. The van der Waals surface area contributed by atoms with E-state index < -0.39 is 11.0 Å². The molecule has 1 aliphatic carbocycles. The highest BCUT2D eigenvalue weighted by Crippen LogP contribution is 2.48. The molecule has 3 aromatic rings. The van der Waals surface area contributed by atoms with E-state index >= 15 is 0 Å². The van der Waals surface area contributed by atoms with Crippen molar-refractivity contribution in [3.05, 3.63) is 93.7 Å². The number of aromatic nitrogens is 2. The third-order valence-corrected chi connectivity index (χ3v) is 6.99. The molecule has 0 saturated carbocycles. The van der Waals surface area contributed by atoms with Crippen LogP contribution in [-0.4, -0.2) is 39.7 Å². The van der Waals surface area contributed by atoms with E-state index in [-0.39, 0.29) is 29.3 Å². The molecular formula is C28H30N6O4. The molecule has 0 bridgehead atoms. The number of carbonyl (C=O) groups is 2. The Labute approximate surface area is 220 Å². The molecule has 1 unspecified atom stereocenters. The number of rotatable bonds is 7. The van der Waals surface area contributed by atoms with Crippen molar-refractivity contribution in [1.82, 2.24) is 15.3 Å². The molecule has 0 saturated heterocycles. The molecule has 5 rings (SSSR count). The molecule has 196 valence electrons. The molecular weight excluding hydrogens is 484 g/mol. The van der Waals surface area contributed by atoms with Crippen LogP contribution in [-0.2, 0) is 16.0 Å². The third kappa shape index (κ3) is 5.15. The lowest BCUT2D eigenvalue weighted by atomic mass is 9.73. The van der Waals surface area contributed by atoms with Crippen LogP contribution in [0.1, 0.15) is 44.0 Å². The predicted octanol–water partition coefficient (Wildman–Crippen LogP) is 4.29. The zero-order chi connectivity index (χ0) is 26.9. The monoisotopic (exact) mass is 514 g/mol. The first kappa shape index (κ1) is 25.2. The predicted molar refractivity (Wildman–Crippen MR) is 144 cm³/mol. The molecule has 0 spiro atoms. The normalized spacial score (nSPS) is 18.2. The van der Waals surface area contributed by atoms with E-state index in [0.717, 1.165) is 22.8 Å². The Morgan fingerprint density at radius 2 is 2.03 bits per heavy atom. The molecule has 10 nitrogen and oxygen atoms in total. The number of hydrogen-bond donors (Lipinski definition) is 3. The number of nitro benzene ring substituents is 1. The van der Waals surface area contributed by atoms with Crippen LogP contribution in [0.4, 0.5) is 17.1 Å². The Kier molecular flexibility index (Phi) is 6.71. The molecule has 0 fully saturated rings. The SMILES string of the molecule is CC1(C)CC(=O)C2=C(C1)Nc1ccccc1N(CC(=O)NCCc1cnc[nH]1)C2c1cccc([N+](=O)[O-])c1. The van der Waals surface area contributed by atoms with Gasteiger partial charge in [-0.2, -0.15) is 0 Å². The van der Waals surface area contributed by atoms with Gasteiger partial charge in [-0.15, -0.1) is 0 Å². The van der Waals surface area contributed by atoms with Crippen LogP contribution in [0.3, 0.4) is 0 Å². The van der Waals surface area contributed by atoms with Crippen LogP contribution in [0.15, 0.2) is 72.3 Å². The van der Waals surface area contributed by atoms with Gasteiger partial charge in [-0.1, -0.05) is 38.1 Å². The molecule has 1 atom stereocenters. The summed E-state index contributed by atoms with van der Waals surface area (Å²) in [6.07, 6.45) is 4.89. The molecule has 1 aliphatic heterocycles. The minimum atomic E-state index is -0.678. The maximum atomic E-state index is 13.7. The van der Waals surface area contributed by atoms with E-state index in [0.29, 0.717) is 36.9 Å². The van der Waals surface area contributed by atoms with E-state index in [1.807, 2.05) is 29.2 Å². The number of ketones is 1. The van der Waals surface area contributed by atoms with Crippen LogP contribution in [0.5, 0.6) is 0 Å². The first-order chi connectivity index (χ1) is 18.2. The number of nitro groups is 1. The zero-order valence-corrected chi connectivity index (χ0v) is 21.4. The van der Waals surface area contributed by atoms with Gasteiger partial charge < -0.3 is 20.5 Å². The Morgan fingerprint density at radius 3 is 2.79 bits per heavy atom. The quantitative estimate of drug-likeness (QED) is 0.316. The lowest BCUT2D eigenvalue weighted by molar-refractivity contribution is -0.384. The number of non-ortho nitro benzene ring substituents is 1. The van der Waals surface area contributed by atoms with Crippen LogP contribution < -0.4 is 15.5 Å². The summed E-state index contributed by atoms with van der Waals surface area (Å²) in [5.41, 5.74) is 4.05. The summed E-state index contributed by atoms with van der Waals surface area (Å²) >= 11 is 0. The average Bonchev–Trinajstić information content (AvgIpc) is 3.34. The van der Waals surface area contributed by atoms with Crippen molar-refractivity contribution >= 4 is 28.8 Å². The standard InChI is InChI=1S/C28H30N6O4/c1-28(2)13-22-26(24(35)14-28)27(18-6-5-7-20(12-18)34(37)38)33(23-9-4-3-8-21(23)32-22)16-25(36)30-11-10-19-15-29-17-31-19/h3-9,12,15,17,27,32H,10-11,13-14,16H2,1-2H3,(H,29,31)(H,30,36). The number of imidazole rings is 1. The highest BCUT2D eigenvalue weighted by atomic mass is 16.6. The number of Topliss-reactive ketones (excluding diaryl/α,β-unsaturated/α-hetero) is 1. The minimum Gasteiger partial charge on any atom is -0.357 e. The second-order valence-corrected chi connectivity index (χ2v) is 10.5. The fraction of sp³-hybridized carbons (Fsp3) is 0.321. The number of anilines is 2. The molecule has 38 heavy (non-hydrogen) atoms. The number of H-pyrrole nitrogens is 1. The number of aromatic amines is 1. The van der Waals surface area contributed by atoms with Crippen LogP contribution in [0.2, 0.25) is 0 Å². The number of fused-ring (bicyclic) bond motifs is 1. The first-order valence-corrected chi connectivity index (χ1v) is 12.6. The van der Waals surface area contributed by atoms with Gasteiger partial charge in [-0.3, -0.25) is 19.7 Å². The second kappa shape index (κ2) is 10.1. The summed E-state index contributed by atoms with van der Waals surface area (Å²) in [5, 5.41) is 18.1. The van der Waals surface area contributed by atoms with E-state index in [9.17, 15) is 19.7 Å². The number of nitrogens with one attached hydrogen (secondary N) is 3. The molecule has 1 amide bonds. The summed E-state index contributed by atoms with van der Waals surface area (Å²) in [5.74, 6) is -0.250. The van der Waals surface area contributed by atoms with Crippen molar-refractivity contribution in [1.29, 1.82) is 0 Å². The molecule has 2 aliphatic rings. The van der Waals surface area contributed by atoms with E-state index in [1.165, 1.54) is 12.1 Å². The molecule has 1 aromatic heterocycles. The minimum absolute atomic E-state index is 0.0299. The van der Waals surface area contributed by atoms with Crippen LogP contribution >= 0.6 is 0 Å². The Morgan fingerprint density at radius 1 is 1.21 bits per heavy atom. The Hall–Kier alpha value is -4.47. The van der Waals surface area contributed by atoms with Crippen LogP contribution in [0.25, 0.3) is 0 Å². The highest BCUT2D eigenvalue weighted by Gasteiger charge is 2.42. The van der Waals surface area contributed by atoms with E-state index in [2.05, 4.69) is 34.4 Å². The van der Waals surface area contributed by atoms with Crippen LogP contribution in [0, 0.1) is 15.5 Å². The van der Waals surface area contributed by atoms with Gasteiger partial charge in [0.2, 0.25) is 5.91 Å². The fourth-order valence-corrected chi connectivity index (χ4v) is 5.35. The zero-order valence-electron chi connectivity index (χ0n) is 21.4. The number of hydrogen-bond acceptors (Lipinski definition) is 7. The molecule has 2 aromatic carbocycles. The van der Waals surface area contributed by atoms with Gasteiger partial charge in [-0.05, 0) is 29.5 Å². The summed E-state index contributed by atoms with van der Waals surface area (Å²) in [6, 6.07) is 13.3. The number of para-hydroxylation sites is 2. The highest BCUT2D eigenvalue weighted by molar-refractivity contribution is 6.02. The Bertz CT molecular complexity index is 1410. The molecule has 0 radical (unpaired) electrons. The van der Waals surface area contributed by atoms with Gasteiger partial charge in [0.05, 0.1) is 35.2 Å². The third-order valence-electron chi connectivity index (χ3n) is 6.99. The van der Waals surface area contributed by atoms with E-state index in [4.69, 9.17) is 0 Å². The van der Waals surface area contributed by atoms with Gasteiger partial charge in [0.15, 0.2) is 5.78 Å². The van der Waals surface area contributed by atoms with Crippen molar-refractivity contribution in [2.24, 2.45) is 5.41 Å². The number of carbonyl (C=O) groups excluding carboxylic acids is 2. The summed E-state index contributed by atoms with van der Waals surface area (Å²) in [7, 11) is 0. The maximum Gasteiger partial charge on any atom is 0.269 e. The number of allylic oxidation sites excluding steroid dienone is 1. The van der Waals surface area contributed by atoms with Gasteiger partial charge >= 0.3 is 0 Å². The molecule has 2 heterocycles. The summed E-state index contributed by atoms with van der Waals surface area (Å²) in [4.78, 5) is 47.1. The average molecular weight is 515 g/mol. The number of benzene rings is 2. The second-order valence-electron chi connectivity index (χ2n) is 10.5. The molecule has 3 N–H and O–H groups in total. The van der Waals surface area contributed by atoms with Crippen molar-refractivity contribution < 1.29 is 14.5 Å². The summed E-state index contributed by atoms with van der Waals surface area (Å²) < 4.78 is 0. The van der Waals surface area contributed by atoms with Crippen molar-refractivity contribution in [2.75, 3.05) is 23.3 Å². The maximum absolute atomic E-state index is 13.7. The topological polar surface area (TPSA) is 133 Å². The lowest BCUT2D eigenvalue weighted by Gasteiger charge is -2.37. The number of amides is 1. The van der Waals surface area contributed by atoms with Gasteiger partial charge in [0, 0.05) is 54.7 Å². The largest absolute Gasteiger partial charge is 0.357 e. The van der Waals surface area contributed by atoms with Crippen molar-refractivity contribution in [3.8, 4) is 0 Å². The lowest BCUT2D eigenvalue weighted by Crippen LogP contribution is -2.42. The van der Waals surface area contributed by atoms with Gasteiger partial charge in [-0.25, -0.2) is 4.98 Å². The van der Waals surface area contributed by atoms with Gasteiger partial charge in [0.25, 0.3) is 5.69 Å². The number of nitrogens with zero attached hydrogens (tertiary/aromatic N) is 3. The summed E-state index contributed by atoms with van der Waals surface area (Å²) in [6.45, 7) is 4.49. The van der Waals surface area contributed by atoms with E-state index in [1.54, 1.807) is 24.7 Å². The molecule has 10 heteroatoms. The van der Waals surface area contributed by atoms with Crippen molar-refractivity contribution in [2.45, 2.75) is 39.2 Å². The fourth-order valence-electron chi connectivity index (χ4n) is 5.35. The van der Waals surface area contributed by atoms with Crippen molar-refractivity contribution in [3.63, 3.8) is 0 Å². The smallest absolute Gasteiger partial charge is 0.269 e.